The molecule has 4 nitrogen and oxygen atoms in total. The summed E-state index contributed by atoms with van der Waals surface area (Å²) in [7, 11) is 1.19. The minimum absolute atomic E-state index is 0.176. The average Bonchev–Trinajstić information content (AvgIpc) is 2.23. The molecule has 0 heterocycles. The second-order valence-corrected chi connectivity index (χ2v) is 2.97. The molecule has 0 spiro atoms. The van der Waals surface area contributed by atoms with Crippen LogP contribution in [0.4, 0.5) is 14.5 Å². The molecule has 86 valence electrons. The van der Waals surface area contributed by atoms with Gasteiger partial charge in [-0.3, -0.25) is 9.59 Å². The third-order valence-electron chi connectivity index (χ3n) is 1.83. The van der Waals surface area contributed by atoms with Gasteiger partial charge in [-0.1, -0.05) is 0 Å². The molecule has 1 amide bonds. The summed E-state index contributed by atoms with van der Waals surface area (Å²) in [6.07, 6.45) is 0.312. The maximum absolute atomic E-state index is 13.3. The van der Waals surface area contributed by atoms with Crippen molar-refractivity contribution in [3.63, 3.8) is 0 Å². The normalized spacial score (nSPS) is 9.75. The molecular weight excluding hydrogens is 220 g/mol. The van der Waals surface area contributed by atoms with E-state index in [4.69, 9.17) is 4.74 Å². The molecule has 0 radical (unpaired) electrons. The average molecular weight is 229 g/mol. The van der Waals surface area contributed by atoms with Crippen molar-refractivity contribution in [1.82, 2.24) is 0 Å². The number of methoxy groups -OCH3 is 1. The van der Waals surface area contributed by atoms with Crippen molar-refractivity contribution in [2.24, 2.45) is 0 Å². The van der Waals surface area contributed by atoms with Gasteiger partial charge in [0.05, 0.1) is 12.7 Å². The van der Waals surface area contributed by atoms with Crippen LogP contribution in [0.15, 0.2) is 6.07 Å². The Kier molecular flexibility index (Phi) is 3.55. The highest BCUT2D eigenvalue weighted by atomic mass is 19.2. The maximum atomic E-state index is 13.3. The summed E-state index contributed by atoms with van der Waals surface area (Å²) in [5.74, 6) is -3.30. The molecule has 1 rings (SSSR count). The zero-order chi connectivity index (χ0) is 12.3. The van der Waals surface area contributed by atoms with Crippen LogP contribution in [0, 0.1) is 11.6 Å². The molecule has 1 aromatic carbocycles. The van der Waals surface area contributed by atoms with Crippen molar-refractivity contribution >= 4 is 17.9 Å². The third-order valence-corrected chi connectivity index (χ3v) is 1.83. The lowest BCUT2D eigenvalue weighted by atomic mass is 10.1. The van der Waals surface area contributed by atoms with Crippen molar-refractivity contribution < 1.29 is 23.1 Å². The van der Waals surface area contributed by atoms with Gasteiger partial charge < -0.3 is 10.1 Å². The van der Waals surface area contributed by atoms with Crippen LogP contribution < -0.4 is 10.1 Å². The molecule has 16 heavy (non-hydrogen) atoms. The molecule has 0 aliphatic carbocycles. The molecule has 1 N–H and O–H groups in total. The zero-order valence-corrected chi connectivity index (χ0v) is 8.64. The number of hydrogen-bond acceptors (Lipinski definition) is 3. The van der Waals surface area contributed by atoms with Gasteiger partial charge in [-0.2, -0.15) is 0 Å². The molecule has 0 fully saturated rings. The molecular formula is C10H9F2NO3. The van der Waals surface area contributed by atoms with Crippen LogP contribution in [0.3, 0.4) is 0 Å². The van der Waals surface area contributed by atoms with Crippen LogP contribution in [0.1, 0.15) is 17.3 Å². The number of aldehydes is 1. The van der Waals surface area contributed by atoms with Crippen molar-refractivity contribution in [3.8, 4) is 5.75 Å². The Morgan fingerprint density at radius 2 is 2.12 bits per heavy atom. The van der Waals surface area contributed by atoms with Crippen LogP contribution in [0.2, 0.25) is 0 Å². The van der Waals surface area contributed by atoms with E-state index in [0.717, 1.165) is 6.92 Å². The third kappa shape index (κ3) is 2.16. The molecule has 0 unspecified atom stereocenters. The first-order valence-corrected chi connectivity index (χ1v) is 4.30. The standard InChI is InChI=1S/C10H9F2NO3/c1-5(15)13-9-8(12)7(11)3-6(4-14)10(9)16-2/h3-4H,1-2H3,(H,13,15). The fourth-order valence-corrected chi connectivity index (χ4v) is 1.22. The van der Waals surface area contributed by atoms with Gasteiger partial charge in [0.1, 0.15) is 5.69 Å². The van der Waals surface area contributed by atoms with E-state index in [1.54, 1.807) is 0 Å². The highest BCUT2D eigenvalue weighted by molar-refractivity contribution is 5.93. The van der Waals surface area contributed by atoms with Crippen LogP contribution in [-0.4, -0.2) is 19.3 Å². The summed E-state index contributed by atoms with van der Waals surface area (Å²) in [5, 5.41) is 2.07. The zero-order valence-electron chi connectivity index (χ0n) is 8.64. The van der Waals surface area contributed by atoms with E-state index in [1.165, 1.54) is 7.11 Å². The lowest BCUT2D eigenvalue weighted by molar-refractivity contribution is -0.114. The summed E-state index contributed by atoms with van der Waals surface area (Å²) in [6, 6.07) is 0.701. The van der Waals surface area contributed by atoms with Crippen molar-refractivity contribution in [2.45, 2.75) is 6.92 Å². The van der Waals surface area contributed by atoms with Gasteiger partial charge in [0.15, 0.2) is 23.7 Å². The largest absolute Gasteiger partial charge is 0.494 e. The number of halogens is 2. The van der Waals surface area contributed by atoms with E-state index in [2.05, 4.69) is 5.32 Å². The molecule has 0 aromatic heterocycles. The lowest BCUT2D eigenvalue weighted by Crippen LogP contribution is -2.11. The lowest BCUT2D eigenvalue weighted by Gasteiger charge is -2.12. The molecule has 6 heteroatoms. The Morgan fingerprint density at radius 1 is 1.50 bits per heavy atom. The summed E-state index contributed by atoms with van der Waals surface area (Å²) in [6.45, 7) is 1.13. The number of rotatable bonds is 3. The highest BCUT2D eigenvalue weighted by Crippen LogP contribution is 2.32. The molecule has 0 atom stereocenters. The monoisotopic (exact) mass is 229 g/mol. The maximum Gasteiger partial charge on any atom is 0.221 e. The number of nitrogens with one attached hydrogen (secondary N) is 1. The van der Waals surface area contributed by atoms with E-state index in [9.17, 15) is 18.4 Å². The molecule has 0 bridgehead atoms. The van der Waals surface area contributed by atoms with Gasteiger partial charge in [-0.25, -0.2) is 8.78 Å². The van der Waals surface area contributed by atoms with Crippen LogP contribution in [0.25, 0.3) is 0 Å². The van der Waals surface area contributed by atoms with Crippen molar-refractivity contribution in [1.29, 1.82) is 0 Å². The number of carbonyl (C=O) groups excluding carboxylic acids is 2. The van der Waals surface area contributed by atoms with Gasteiger partial charge in [-0.15, -0.1) is 0 Å². The van der Waals surface area contributed by atoms with Crippen LogP contribution >= 0.6 is 0 Å². The molecule has 0 saturated carbocycles. The second-order valence-electron chi connectivity index (χ2n) is 2.97. The van der Waals surface area contributed by atoms with Crippen molar-refractivity contribution in [3.05, 3.63) is 23.3 Å². The minimum Gasteiger partial charge on any atom is -0.494 e. The first kappa shape index (κ1) is 12.1. The van der Waals surface area contributed by atoms with Gasteiger partial charge in [0, 0.05) is 6.92 Å². The Bertz CT molecular complexity index is 446. The summed E-state index contributed by atoms with van der Waals surface area (Å²) in [5.41, 5.74) is -0.651. The number of ether oxygens (including phenoxy) is 1. The fraction of sp³-hybridized carbons (Fsp3) is 0.200. The van der Waals surface area contributed by atoms with Crippen molar-refractivity contribution in [2.75, 3.05) is 12.4 Å². The van der Waals surface area contributed by atoms with E-state index in [0.29, 0.717) is 12.4 Å². The molecule has 1 aromatic rings. The smallest absolute Gasteiger partial charge is 0.221 e. The second kappa shape index (κ2) is 4.69. The SMILES string of the molecule is COc1c(C=O)cc(F)c(F)c1NC(C)=O. The number of carbonyl (C=O) groups is 2. The minimum atomic E-state index is -1.27. The molecule has 0 saturated heterocycles. The predicted molar refractivity (Wildman–Crippen MR) is 52.6 cm³/mol. The fourth-order valence-electron chi connectivity index (χ4n) is 1.22. The van der Waals surface area contributed by atoms with E-state index in [-0.39, 0.29) is 11.3 Å². The van der Waals surface area contributed by atoms with Gasteiger partial charge >= 0.3 is 0 Å². The van der Waals surface area contributed by atoms with Gasteiger partial charge in [0.25, 0.3) is 0 Å². The highest BCUT2D eigenvalue weighted by Gasteiger charge is 2.19. The summed E-state index contributed by atoms with van der Waals surface area (Å²) < 4.78 is 31.1. The Labute approximate surface area is 90.2 Å². The van der Waals surface area contributed by atoms with Crippen LogP contribution in [-0.2, 0) is 4.79 Å². The van der Waals surface area contributed by atoms with E-state index < -0.39 is 23.2 Å². The predicted octanol–water partition coefficient (Wildman–Crippen LogP) is 1.74. The van der Waals surface area contributed by atoms with E-state index in [1.807, 2.05) is 0 Å². The number of benzene rings is 1. The number of hydrogen-bond donors (Lipinski definition) is 1. The summed E-state index contributed by atoms with van der Waals surface area (Å²) >= 11 is 0. The van der Waals surface area contributed by atoms with E-state index >= 15 is 0 Å². The topological polar surface area (TPSA) is 55.4 Å². The number of anilines is 1. The van der Waals surface area contributed by atoms with Crippen LogP contribution in [0.5, 0.6) is 5.75 Å². The Morgan fingerprint density at radius 3 is 2.56 bits per heavy atom. The first-order chi connectivity index (χ1) is 7.51. The Balaban J connectivity index is 3.46. The molecule has 0 aliphatic rings. The quantitative estimate of drug-likeness (QED) is 0.803. The number of amides is 1. The first-order valence-electron chi connectivity index (χ1n) is 4.30. The van der Waals surface area contributed by atoms with Gasteiger partial charge in [0.2, 0.25) is 5.91 Å². The van der Waals surface area contributed by atoms with Gasteiger partial charge in [-0.05, 0) is 6.07 Å². The Hall–Kier alpha value is -1.98. The summed E-state index contributed by atoms with van der Waals surface area (Å²) in [4.78, 5) is 21.4. The molecule has 0 aliphatic heterocycles.